The van der Waals surface area contributed by atoms with E-state index in [0.717, 1.165) is 12.1 Å². The average Bonchev–Trinajstić information content (AvgIpc) is 2.97. The van der Waals surface area contributed by atoms with Gasteiger partial charge in [0, 0.05) is 10.7 Å². The lowest BCUT2D eigenvalue weighted by Gasteiger charge is -2.05. The van der Waals surface area contributed by atoms with Gasteiger partial charge in [0.2, 0.25) is 5.76 Å². The van der Waals surface area contributed by atoms with Crippen LogP contribution in [0.2, 0.25) is 5.02 Å². The van der Waals surface area contributed by atoms with Crippen LogP contribution in [0.3, 0.4) is 0 Å². The van der Waals surface area contributed by atoms with Gasteiger partial charge in [-0.05, 0) is 30.3 Å². The fraction of sp³-hybridized carbons (Fsp3) is 0.0769. The van der Waals surface area contributed by atoms with Crippen LogP contribution in [-0.2, 0) is 9.53 Å². The number of ether oxygens (including phenoxy) is 1. The summed E-state index contributed by atoms with van der Waals surface area (Å²) in [7, 11) is 0. The lowest BCUT2D eigenvalue weighted by Crippen LogP contribution is -2.20. The van der Waals surface area contributed by atoms with E-state index in [-0.39, 0.29) is 5.76 Å². The minimum Gasteiger partial charge on any atom is -0.450 e. The van der Waals surface area contributed by atoms with E-state index < -0.39 is 29.3 Å². The monoisotopic (exact) mass is 324 g/mol. The van der Waals surface area contributed by atoms with Crippen LogP contribution in [0, 0.1) is 10.1 Å². The van der Waals surface area contributed by atoms with E-state index in [1.54, 1.807) is 24.3 Å². The van der Waals surface area contributed by atoms with Crippen molar-refractivity contribution in [3.63, 3.8) is 0 Å². The molecule has 2 aromatic rings. The number of anilines is 1. The Hall–Kier alpha value is -2.87. The van der Waals surface area contributed by atoms with Gasteiger partial charge >= 0.3 is 11.9 Å². The molecule has 0 spiro atoms. The van der Waals surface area contributed by atoms with Gasteiger partial charge in [-0.3, -0.25) is 14.9 Å². The second-order valence-corrected chi connectivity index (χ2v) is 4.46. The fourth-order valence-corrected chi connectivity index (χ4v) is 1.59. The lowest BCUT2D eigenvalue weighted by atomic mass is 10.3. The molecule has 1 amide bonds. The Morgan fingerprint density at radius 2 is 1.91 bits per heavy atom. The minimum atomic E-state index is -0.973. The van der Waals surface area contributed by atoms with Gasteiger partial charge < -0.3 is 14.5 Å². The summed E-state index contributed by atoms with van der Waals surface area (Å²) in [6.07, 6.45) is 0. The number of halogens is 1. The standard InChI is InChI=1S/C13H9ClN2O6/c14-8-1-3-9(4-2-8)15-11(17)7-21-13(18)10-5-6-12(22-10)16(19)20/h1-6H,7H2,(H,15,17). The number of hydrogen-bond acceptors (Lipinski definition) is 6. The predicted octanol–water partition coefficient (Wildman–Crippen LogP) is 2.64. The molecule has 1 N–H and O–H groups in total. The molecule has 8 nitrogen and oxygen atoms in total. The van der Waals surface area contributed by atoms with Crippen molar-refractivity contribution in [2.75, 3.05) is 11.9 Å². The van der Waals surface area contributed by atoms with Gasteiger partial charge in [-0.1, -0.05) is 11.6 Å². The Morgan fingerprint density at radius 1 is 1.23 bits per heavy atom. The van der Waals surface area contributed by atoms with E-state index in [1.807, 2.05) is 0 Å². The zero-order valence-corrected chi connectivity index (χ0v) is 11.7. The van der Waals surface area contributed by atoms with Gasteiger partial charge in [0.1, 0.15) is 4.92 Å². The summed E-state index contributed by atoms with van der Waals surface area (Å²) < 4.78 is 9.34. The number of hydrogen-bond donors (Lipinski definition) is 1. The average molecular weight is 325 g/mol. The first-order valence-corrected chi connectivity index (χ1v) is 6.30. The summed E-state index contributed by atoms with van der Waals surface area (Å²) in [4.78, 5) is 32.8. The first kappa shape index (κ1) is 15.5. The molecule has 0 saturated carbocycles. The van der Waals surface area contributed by atoms with Crippen molar-refractivity contribution in [2.24, 2.45) is 0 Å². The van der Waals surface area contributed by atoms with Gasteiger partial charge in [-0.25, -0.2) is 4.79 Å². The number of furan rings is 1. The molecule has 0 saturated heterocycles. The third kappa shape index (κ3) is 4.06. The van der Waals surface area contributed by atoms with Crippen LogP contribution in [0.25, 0.3) is 0 Å². The number of carbonyl (C=O) groups excluding carboxylic acids is 2. The highest BCUT2D eigenvalue weighted by Gasteiger charge is 2.19. The van der Waals surface area contributed by atoms with Gasteiger partial charge in [0.15, 0.2) is 6.61 Å². The van der Waals surface area contributed by atoms with Crippen molar-refractivity contribution < 1.29 is 23.7 Å². The highest BCUT2D eigenvalue weighted by atomic mass is 35.5. The molecular formula is C13H9ClN2O6. The minimum absolute atomic E-state index is 0.356. The number of nitrogens with one attached hydrogen (secondary N) is 1. The van der Waals surface area contributed by atoms with E-state index in [2.05, 4.69) is 14.5 Å². The summed E-state index contributed by atoms with van der Waals surface area (Å²) in [6, 6.07) is 8.45. The van der Waals surface area contributed by atoms with Crippen molar-refractivity contribution in [1.29, 1.82) is 0 Å². The number of nitrogens with zero attached hydrogens (tertiary/aromatic N) is 1. The lowest BCUT2D eigenvalue weighted by molar-refractivity contribution is -0.402. The molecule has 0 atom stereocenters. The molecule has 0 aliphatic heterocycles. The number of rotatable bonds is 5. The van der Waals surface area contributed by atoms with Crippen molar-refractivity contribution >= 4 is 35.0 Å². The summed E-state index contributed by atoms with van der Waals surface area (Å²) >= 11 is 5.70. The van der Waals surface area contributed by atoms with E-state index in [1.165, 1.54) is 0 Å². The maximum Gasteiger partial charge on any atom is 0.433 e. The predicted molar refractivity (Wildman–Crippen MR) is 75.7 cm³/mol. The molecule has 9 heteroatoms. The smallest absolute Gasteiger partial charge is 0.433 e. The highest BCUT2D eigenvalue weighted by Crippen LogP contribution is 2.16. The maximum absolute atomic E-state index is 11.6. The molecule has 1 heterocycles. The summed E-state index contributed by atoms with van der Waals surface area (Å²) in [5.74, 6) is -2.49. The Balaban J connectivity index is 1.86. The van der Waals surface area contributed by atoms with Crippen molar-refractivity contribution in [1.82, 2.24) is 0 Å². The van der Waals surface area contributed by atoms with E-state index >= 15 is 0 Å². The second-order valence-electron chi connectivity index (χ2n) is 4.03. The number of nitro groups is 1. The van der Waals surface area contributed by atoms with Crippen LogP contribution in [0.15, 0.2) is 40.8 Å². The van der Waals surface area contributed by atoms with Crippen molar-refractivity contribution in [3.05, 3.63) is 57.3 Å². The molecule has 0 aliphatic carbocycles. The van der Waals surface area contributed by atoms with Crippen LogP contribution in [0.4, 0.5) is 11.6 Å². The Bertz CT molecular complexity index is 710. The van der Waals surface area contributed by atoms with Crippen LogP contribution in [0.5, 0.6) is 0 Å². The SMILES string of the molecule is O=C(COC(=O)c1ccc([N+](=O)[O-])o1)Nc1ccc(Cl)cc1. The number of benzene rings is 1. The van der Waals surface area contributed by atoms with Gasteiger partial charge in [0.05, 0.1) is 6.07 Å². The van der Waals surface area contributed by atoms with Crippen LogP contribution in [-0.4, -0.2) is 23.4 Å². The van der Waals surface area contributed by atoms with Crippen LogP contribution >= 0.6 is 11.6 Å². The summed E-state index contributed by atoms with van der Waals surface area (Å²) in [5, 5.41) is 13.4. The zero-order valence-electron chi connectivity index (χ0n) is 10.9. The third-order valence-electron chi connectivity index (χ3n) is 2.44. The third-order valence-corrected chi connectivity index (χ3v) is 2.69. The molecule has 22 heavy (non-hydrogen) atoms. The quantitative estimate of drug-likeness (QED) is 0.514. The molecule has 114 valence electrons. The topological polar surface area (TPSA) is 112 Å². The molecule has 0 unspecified atom stereocenters. The van der Waals surface area contributed by atoms with E-state index in [4.69, 9.17) is 11.6 Å². The molecule has 1 aromatic carbocycles. The normalized spacial score (nSPS) is 10.0. The molecule has 1 aromatic heterocycles. The molecule has 0 aliphatic rings. The largest absolute Gasteiger partial charge is 0.450 e. The Morgan fingerprint density at radius 3 is 2.50 bits per heavy atom. The number of amides is 1. The number of carbonyl (C=O) groups is 2. The summed E-state index contributed by atoms with van der Waals surface area (Å²) in [5.41, 5.74) is 0.485. The highest BCUT2D eigenvalue weighted by molar-refractivity contribution is 6.30. The maximum atomic E-state index is 11.6. The van der Waals surface area contributed by atoms with Crippen LogP contribution in [0.1, 0.15) is 10.6 Å². The molecule has 0 bridgehead atoms. The van der Waals surface area contributed by atoms with Crippen molar-refractivity contribution in [2.45, 2.75) is 0 Å². The second kappa shape index (κ2) is 6.72. The Kier molecular flexibility index (Phi) is 4.74. The van der Waals surface area contributed by atoms with Crippen molar-refractivity contribution in [3.8, 4) is 0 Å². The number of esters is 1. The molecule has 0 radical (unpaired) electrons. The summed E-state index contributed by atoms with van der Waals surface area (Å²) in [6.45, 7) is -0.560. The van der Waals surface area contributed by atoms with E-state index in [9.17, 15) is 19.7 Å². The fourth-order valence-electron chi connectivity index (χ4n) is 1.47. The first-order chi connectivity index (χ1) is 10.5. The molecule has 0 fully saturated rings. The zero-order chi connectivity index (χ0) is 16.1. The van der Waals surface area contributed by atoms with E-state index in [0.29, 0.717) is 10.7 Å². The Labute approximate surface area is 128 Å². The van der Waals surface area contributed by atoms with Gasteiger partial charge in [0.25, 0.3) is 5.91 Å². The van der Waals surface area contributed by atoms with Gasteiger partial charge in [-0.2, -0.15) is 0 Å². The molecule has 2 rings (SSSR count). The van der Waals surface area contributed by atoms with Crippen LogP contribution < -0.4 is 5.32 Å². The molecular weight excluding hydrogens is 316 g/mol. The van der Waals surface area contributed by atoms with Gasteiger partial charge in [-0.15, -0.1) is 0 Å². The first-order valence-electron chi connectivity index (χ1n) is 5.92.